The molecule has 0 amide bonds. The number of halogens is 1. The van der Waals surface area contributed by atoms with Gasteiger partial charge in [-0.2, -0.15) is 0 Å². The van der Waals surface area contributed by atoms with Gasteiger partial charge in [-0.15, -0.1) is 11.8 Å². The van der Waals surface area contributed by atoms with Crippen molar-refractivity contribution in [2.75, 3.05) is 5.75 Å². The SMILES string of the molecule is NC(Cc1cccc(Br)c1)C1CSc2ccccc2O1. The van der Waals surface area contributed by atoms with Crippen LogP contribution in [0.5, 0.6) is 5.75 Å². The molecule has 1 heterocycles. The summed E-state index contributed by atoms with van der Waals surface area (Å²) in [6.45, 7) is 0. The molecule has 2 aromatic rings. The summed E-state index contributed by atoms with van der Waals surface area (Å²) in [6.07, 6.45) is 0.890. The number of fused-ring (bicyclic) bond motifs is 1. The van der Waals surface area contributed by atoms with Crippen molar-refractivity contribution in [1.29, 1.82) is 0 Å². The first-order valence-corrected chi connectivity index (χ1v) is 8.39. The van der Waals surface area contributed by atoms with Gasteiger partial charge in [0, 0.05) is 21.2 Å². The zero-order valence-corrected chi connectivity index (χ0v) is 13.4. The van der Waals surface area contributed by atoms with Crippen LogP contribution >= 0.6 is 27.7 Å². The van der Waals surface area contributed by atoms with Crippen molar-refractivity contribution < 1.29 is 4.74 Å². The number of hydrogen-bond donors (Lipinski definition) is 1. The van der Waals surface area contributed by atoms with E-state index in [4.69, 9.17) is 10.5 Å². The average molecular weight is 350 g/mol. The van der Waals surface area contributed by atoms with Crippen LogP contribution in [0.2, 0.25) is 0 Å². The van der Waals surface area contributed by atoms with Crippen LogP contribution in [0.15, 0.2) is 57.9 Å². The third kappa shape index (κ3) is 3.19. The van der Waals surface area contributed by atoms with Crippen molar-refractivity contribution in [3.05, 3.63) is 58.6 Å². The standard InChI is InChI=1S/C16H16BrNOS/c17-12-5-3-4-11(8-12)9-13(18)15-10-20-16-7-2-1-6-14(16)19-15/h1-8,13,15H,9-10,18H2. The van der Waals surface area contributed by atoms with E-state index in [2.05, 4.69) is 34.1 Å². The highest BCUT2D eigenvalue weighted by atomic mass is 79.9. The monoisotopic (exact) mass is 349 g/mol. The topological polar surface area (TPSA) is 35.2 Å². The van der Waals surface area contributed by atoms with Crippen LogP contribution in [0.1, 0.15) is 5.56 Å². The molecule has 0 radical (unpaired) electrons. The number of nitrogens with two attached hydrogens (primary N) is 1. The van der Waals surface area contributed by atoms with E-state index in [0.717, 1.165) is 22.4 Å². The number of thioether (sulfide) groups is 1. The zero-order valence-electron chi connectivity index (χ0n) is 11.0. The van der Waals surface area contributed by atoms with Gasteiger partial charge in [0.2, 0.25) is 0 Å². The lowest BCUT2D eigenvalue weighted by Gasteiger charge is -2.29. The Morgan fingerprint density at radius 2 is 2.10 bits per heavy atom. The highest BCUT2D eigenvalue weighted by Crippen LogP contribution is 2.35. The fraction of sp³-hybridized carbons (Fsp3) is 0.250. The van der Waals surface area contributed by atoms with Gasteiger partial charge in [0.1, 0.15) is 11.9 Å². The van der Waals surface area contributed by atoms with Crippen LogP contribution in [0.3, 0.4) is 0 Å². The van der Waals surface area contributed by atoms with Gasteiger partial charge >= 0.3 is 0 Å². The molecule has 2 nitrogen and oxygen atoms in total. The molecule has 1 aliphatic rings. The van der Waals surface area contributed by atoms with Crippen LogP contribution in [-0.4, -0.2) is 17.9 Å². The lowest BCUT2D eigenvalue weighted by Crippen LogP contribution is -2.43. The van der Waals surface area contributed by atoms with E-state index in [1.54, 1.807) is 0 Å². The quantitative estimate of drug-likeness (QED) is 0.913. The van der Waals surface area contributed by atoms with E-state index in [0.29, 0.717) is 0 Å². The number of rotatable bonds is 3. The molecule has 1 aliphatic heterocycles. The fourth-order valence-electron chi connectivity index (χ4n) is 2.31. The molecule has 0 aromatic heterocycles. The summed E-state index contributed by atoms with van der Waals surface area (Å²) in [4.78, 5) is 1.21. The molecule has 2 atom stereocenters. The Kier molecular flexibility index (Phi) is 4.34. The smallest absolute Gasteiger partial charge is 0.133 e. The summed E-state index contributed by atoms with van der Waals surface area (Å²) in [5.74, 6) is 1.87. The van der Waals surface area contributed by atoms with E-state index in [1.807, 2.05) is 42.1 Å². The maximum absolute atomic E-state index is 6.33. The Morgan fingerprint density at radius 3 is 2.95 bits per heavy atom. The van der Waals surface area contributed by atoms with Crippen LogP contribution in [0, 0.1) is 0 Å². The predicted octanol–water partition coefficient (Wildman–Crippen LogP) is 3.87. The minimum Gasteiger partial charge on any atom is -0.487 e. The summed E-state index contributed by atoms with van der Waals surface area (Å²) in [6, 6.07) is 16.4. The Morgan fingerprint density at radius 1 is 1.25 bits per heavy atom. The Labute approximate surface area is 131 Å². The molecule has 0 saturated heterocycles. The third-order valence-electron chi connectivity index (χ3n) is 3.37. The number of benzene rings is 2. The second-order valence-corrected chi connectivity index (χ2v) is 6.89. The highest BCUT2D eigenvalue weighted by Gasteiger charge is 2.25. The van der Waals surface area contributed by atoms with E-state index < -0.39 is 0 Å². The van der Waals surface area contributed by atoms with Gasteiger partial charge in [0.25, 0.3) is 0 Å². The molecule has 104 valence electrons. The van der Waals surface area contributed by atoms with Gasteiger partial charge in [-0.1, -0.05) is 40.2 Å². The average Bonchev–Trinajstić information content (AvgIpc) is 2.47. The van der Waals surface area contributed by atoms with Crippen molar-refractivity contribution in [2.24, 2.45) is 5.73 Å². The summed E-state index contributed by atoms with van der Waals surface area (Å²) in [5, 5.41) is 0. The molecule has 2 N–H and O–H groups in total. The van der Waals surface area contributed by atoms with Gasteiger partial charge < -0.3 is 10.5 Å². The maximum Gasteiger partial charge on any atom is 0.133 e. The second kappa shape index (κ2) is 6.20. The Bertz CT molecular complexity index is 605. The highest BCUT2D eigenvalue weighted by molar-refractivity contribution is 9.10. The van der Waals surface area contributed by atoms with E-state index in [1.165, 1.54) is 10.5 Å². The summed E-state index contributed by atoms with van der Waals surface area (Å²) in [5.41, 5.74) is 7.57. The van der Waals surface area contributed by atoms with E-state index >= 15 is 0 Å². The maximum atomic E-state index is 6.33. The van der Waals surface area contributed by atoms with Gasteiger partial charge in [0.15, 0.2) is 0 Å². The van der Waals surface area contributed by atoms with Crippen LogP contribution in [-0.2, 0) is 6.42 Å². The Balaban J connectivity index is 1.68. The lowest BCUT2D eigenvalue weighted by atomic mass is 10.0. The molecule has 0 aliphatic carbocycles. The van der Waals surface area contributed by atoms with Crippen molar-refractivity contribution in [1.82, 2.24) is 0 Å². The molecular weight excluding hydrogens is 334 g/mol. The normalized spacial score (nSPS) is 19.0. The van der Waals surface area contributed by atoms with Crippen LogP contribution in [0.25, 0.3) is 0 Å². The van der Waals surface area contributed by atoms with E-state index in [-0.39, 0.29) is 12.1 Å². The second-order valence-electron chi connectivity index (χ2n) is 4.91. The third-order valence-corrected chi connectivity index (χ3v) is 5.01. The summed E-state index contributed by atoms with van der Waals surface area (Å²) in [7, 11) is 0. The van der Waals surface area contributed by atoms with Crippen molar-refractivity contribution in [3.63, 3.8) is 0 Å². The van der Waals surface area contributed by atoms with Gasteiger partial charge in [0.05, 0.1) is 0 Å². The van der Waals surface area contributed by atoms with Crippen LogP contribution < -0.4 is 10.5 Å². The number of hydrogen-bond acceptors (Lipinski definition) is 3. The zero-order chi connectivity index (χ0) is 13.9. The Hall–Kier alpha value is -0.970. The minimum absolute atomic E-state index is 0.00477. The van der Waals surface area contributed by atoms with Crippen LogP contribution in [0.4, 0.5) is 0 Å². The largest absolute Gasteiger partial charge is 0.487 e. The predicted molar refractivity (Wildman–Crippen MR) is 87.4 cm³/mol. The van der Waals surface area contributed by atoms with E-state index in [9.17, 15) is 0 Å². The molecule has 0 saturated carbocycles. The minimum atomic E-state index is 0.00477. The lowest BCUT2D eigenvalue weighted by molar-refractivity contribution is 0.184. The number of ether oxygens (including phenoxy) is 1. The first-order valence-electron chi connectivity index (χ1n) is 6.61. The molecule has 0 bridgehead atoms. The summed E-state index contributed by atoms with van der Waals surface area (Å²) < 4.78 is 7.13. The van der Waals surface area contributed by atoms with Crippen molar-refractivity contribution in [2.45, 2.75) is 23.5 Å². The fourth-order valence-corrected chi connectivity index (χ4v) is 3.85. The summed E-state index contributed by atoms with van der Waals surface area (Å²) >= 11 is 5.32. The van der Waals surface area contributed by atoms with Gasteiger partial charge in [-0.05, 0) is 36.2 Å². The molecule has 2 unspecified atom stereocenters. The molecule has 0 spiro atoms. The van der Waals surface area contributed by atoms with Crippen molar-refractivity contribution in [3.8, 4) is 5.75 Å². The molecule has 20 heavy (non-hydrogen) atoms. The molecule has 0 fully saturated rings. The molecule has 2 aromatic carbocycles. The van der Waals surface area contributed by atoms with Gasteiger partial charge in [-0.25, -0.2) is 0 Å². The molecule has 3 rings (SSSR count). The first-order chi connectivity index (χ1) is 9.72. The number of para-hydroxylation sites is 1. The van der Waals surface area contributed by atoms with Crippen molar-refractivity contribution >= 4 is 27.7 Å². The molecular formula is C16H16BrNOS. The first kappa shape index (κ1) is 14.0. The van der Waals surface area contributed by atoms with Gasteiger partial charge in [-0.3, -0.25) is 0 Å². The molecule has 4 heteroatoms.